The molecule has 1 fully saturated rings. The van der Waals surface area contributed by atoms with Crippen LogP contribution in [0.15, 0.2) is 0 Å². The average Bonchev–Trinajstić information content (AvgIpc) is 2.16. The third-order valence-corrected chi connectivity index (χ3v) is 3.87. The molecule has 1 aliphatic carbocycles. The largest absolute Gasteiger partial charge is 0.459 e. The highest BCUT2D eigenvalue weighted by Crippen LogP contribution is 2.42. The van der Waals surface area contributed by atoms with Gasteiger partial charge in [0.15, 0.2) is 0 Å². The van der Waals surface area contributed by atoms with Crippen molar-refractivity contribution in [3.8, 4) is 0 Å². The Morgan fingerprint density at radius 1 is 1.44 bits per heavy atom. The number of halogens is 1. The molecule has 0 aromatic heterocycles. The zero-order valence-corrected chi connectivity index (χ0v) is 11.6. The van der Waals surface area contributed by atoms with Crippen LogP contribution >= 0.6 is 11.6 Å². The molecule has 1 aliphatic rings. The Kier molecular flexibility index (Phi) is 4.28. The fourth-order valence-corrected chi connectivity index (χ4v) is 2.80. The lowest BCUT2D eigenvalue weighted by Crippen LogP contribution is -2.46. The van der Waals surface area contributed by atoms with E-state index in [9.17, 15) is 4.79 Å². The number of ether oxygens (including phenoxy) is 1. The standard InChI is InChI=1S/C13H23ClO2/c1-5-10-8-6-7-9-13(10,14)11(15)16-12(2,3)4/h10H,5-9H2,1-4H3. The Labute approximate surface area is 104 Å². The van der Waals surface area contributed by atoms with E-state index in [1.807, 2.05) is 20.8 Å². The summed E-state index contributed by atoms with van der Waals surface area (Å²) in [6.45, 7) is 7.75. The van der Waals surface area contributed by atoms with E-state index in [-0.39, 0.29) is 11.9 Å². The molecule has 0 aliphatic heterocycles. The Balaban J connectivity index is 2.77. The van der Waals surface area contributed by atoms with Gasteiger partial charge in [0.2, 0.25) is 0 Å². The van der Waals surface area contributed by atoms with E-state index < -0.39 is 10.5 Å². The van der Waals surface area contributed by atoms with Gasteiger partial charge in [0.1, 0.15) is 10.5 Å². The molecule has 0 spiro atoms. The molecular weight excluding hydrogens is 224 g/mol. The molecule has 3 heteroatoms. The summed E-state index contributed by atoms with van der Waals surface area (Å²) in [6.07, 6.45) is 4.94. The number of alkyl halides is 1. The van der Waals surface area contributed by atoms with Gasteiger partial charge in [-0.3, -0.25) is 4.79 Å². The van der Waals surface area contributed by atoms with Gasteiger partial charge in [-0.1, -0.05) is 26.2 Å². The molecule has 16 heavy (non-hydrogen) atoms. The number of rotatable bonds is 2. The molecule has 2 atom stereocenters. The van der Waals surface area contributed by atoms with Crippen molar-refractivity contribution in [3.63, 3.8) is 0 Å². The molecular formula is C13H23ClO2. The minimum absolute atomic E-state index is 0.229. The number of carbonyl (C=O) groups excluding carboxylic acids is 1. The molecule has 0 N–H and O–H groups in total. The van der Waals surface area contributed by atoms with E-state index in [4.69, 9.17) is 16.3 Å². The van der Waals surface area contributed by atoms with Gasteiger partial charge in [0.25, 0.3) is 0 Å². The number of hydrogen-bond acceptors (Lipinski definition) is 2. The molecule has 0 bridgehead atoms. The molecule has 1 rings (SSSR count). The molecule has 94 valence electrons. The van der Waals surface area contributed by atoms with Crippen LogP contribution in [0.1, 0.15) is 59.8 Å². The Morgan fingerprint density at radius 3 is 2.56 bits per heavy atom. The maximum absolute atomic E-state index is 12.2. The highest BCUT2D eigenvalue weighted by molar-refractivity contribution is 6.34. The zero-order chi connectivity index (χ0) is 12.4. The second kappa shape index (κ2) is 4.95. The van der Waals surface area contributed by atoms with Crippen molar-refractivity contribution in [2.45, 2.75) is 70.3 Å². The summed E-state index contributed by atoms with van der Waals surface area (Å²) < 4.78 is 5.44. The van der Waals surface area contributed by atoms with Crippen LogP contribution in [0.5, 0.6) is 0 Å². The van der Waals surface area contributed by atoms with Gasteiger partial charge in [0.05, 0.1) is 0 Å². The highest BCUT2D eigenvalue weighted by Gasteiger charge is 2.46. The predicted octanol–water partition coefficient (Wildman–Crippen LogP) is 3.91. The quantitative estimate of drug-likeness (QED) is 0.546. The second-order valence-electron chi connectivity index (χ2n) is 5.72. The van der Waals surface area contributed by atoms with Crippen LogP contribution in [0, 0.1) is 5.92 Å². The smallest absolute Gasteiger partial charge is 0.328 e. The van der Waals surface area contributed by atoms with Crippen molar-refractivity contribution in [2.24, 2.45) is 5.92 Å². The van der Waals surface area contributed by atoms with Crippen molar-refractivity contribution >= 4 is 17.6 Å². The topological polar surface area (TPSA) is 26.3 Å². The minimum atomic E-state index is -0.777. The van der Waals surface area contributed by atoms with Gasteiger partial charge < -0.3 is 4.74 Å². The molecule has 0 saturated heterocycles. The lowest BCUT2D eigenvalue weighted by molar-refractivity contribution is -0.161. The molecule has 1 saturated carbocycles. The van der Waals surface area contributed by atoms with Crippen LogP contribution in [0.25, 0.3) is 0 Å². The van der Waals surface area contributed by atoms with Gasteiger partial charge in [-0.2, -0.15) is 0 Å². The summed E-state index contributed by atoms with van der Waals surface area (Å²) in [4.78, 5) is 11.4. The number of carbonyl (C=O) groups is 1. The number of esters is 1. The van der Waals surface area contributed by atoms with E-state index >= 15 is 0 Å². The Hall–Kier alpha value is -0.240. The molecule has 0 radical (unpaired) electrons. The second-order valence-corrected chi connectivity index (χ2v) is 6.39. The van der Waals surface area contributed by atoms with Crippen molar-refractivity contribution in [2.75, 3.05) is 0 Å². The summed E-state index contributed by atoms with van der Waals surface area (Å²) in [7, 11) is 0. The Bertz CT molecular complexity index is 257. The van der Waals surface area contributed by atoms with Crippen LogP contribution in [0.4, 0.5) is 0 Å². The molecule has 0 aromatic carbocycles. The maximum Gasteiger partial charge on any atom is 0.328 e. The van der Waals surface area contributed by atoms with Gasteiger partial charge in [-0.05, 0) is 39.5 Å². The average molecular weight is 247 g/mol. The molecule has 0 heterocycles. The van der Waals surface area contributed by atoms with Crippen molar-refractivity contribution in [3.05, 3.63) is 0 Å². The predicted molar refractivity (Wildman–Crippen MR) is 66.7 cm³/mol. The first kappa shape index (κ1) is 13.8. The molecule has 2 unspecified atom stereocenters. The third kappa shape index (κ3) is 3.13. The zero-order valence-electron chi connectivity index (χ0n) is 10.8. The highest BCUT2D eigenvalue weighted by atomic mass is 35.5. The summed E-state index contributed by atoms with van der Waals surface area (Å²) in [5.74, 6) is 0.0333. The van der Waals surface area contributed by atoms with E-state index in [2.05, 4.69) is 6.92 Å². The van der Waals surface area contributed by atoms with Crippen LogP contribution < -0.4 is 0 Å². The number of hydrogen-bond donors (Lipinski definition) is 0. The lowest BCUT2D eigenvalue weighted by atomic mass is 9.77. The lowest BCUT2D eigenvalue weighted by Gasteiger charge is -2.38. The summed E-state index contributed by atoms with van der Waals surface area (Å²) in [5, 5.41) is 0. The first-order valence-corrected chi connectivity index (χ1v) is 6.60. The van der Waals surface area contributed by atoms with Gasteiger partial charge in [0, 0.05) is 0 Å². The van der Waals surface area contributed by atoms with Crippen LogP contribution in [0.2, 0.25) is 0 Å². The van der Waals surface area contributed by atoms with Crippen LogP contribution in [0.3, 0.4) is 0 Å². The summed E-state index contributed by atoms with van der Waals surface area (Å²) in [5.41, 5.74) is -0.450. The van der Waals surface area contributed by atoms with Crippen molar-refractivity contribution in [1.82, 2.24) is 0 Å². The van der Waals surface area contributed by atoms with Gasteiger partial charge in [-0.15, -0.1) is 11.6 Å². The van der Waals surface area contributed by atoms with E-state index in [0.29, 0.717) is 0 Å². The van der Waals surface area contributed by atoms with Gasteiger partial charge >= 0.3 is 5.97 Å². The monoisotopic (exact) mass is 246 g/mol. The van der Waals surface area contributed by atoms with Crippen molar-refractivity contribution in [1.29, 1.82) is 0 Å². The van der Waals surface area contributed by atoms with Crippen LogP contribution in [-0.2, 0) is 9.53 Å². The summed E-state index contributed by atoms with van der Waals surface area (Å²) >= 11 is 6.52. The van der Waals surface area contributed by atoms with Crippen molar-refractivity contribution < 1.29 is 9.53 Å². The molecule has 2 nitrogen and oxygen atoms in total. The van der Waals surface area contributed by atoms with E-state index in [1.54, 1.807) is 0 Å². The fraction of sp³-hybridized carbons (Fsp3) is 0.923. The van der Waals surface area contributed by atoms with Crippen LogP contribution in [-0.4, -0.2) is 16.4 Å². The van der Waals surface area contributed by atoms with E-state index in [1.165, 1.54) is 6.42 Å². The molecule has 0 aromatic rings. The molecule has 0 amide bonds. The third-order valence-electron chi connectivity index (χ3n) is 3.22. The first-order chi connectivity index (χ1) is 7.29. The SMILES string of the molecule is CCC1CCCCC1(Cl)C(=O)OC(C)(C)C. The maximum atomic E-state index is 12.2. The summed E-state index contributed by atoms with van der Waals surface area (Å²) in [6, 6.07) is 0. The normalized spacial score (nSPS) is 31.2. The van der Waals surface area contributed by atoms with E-state index in [0.717, 1.165) is 25.7 Å². The Morgan fingerprint density at radius 2 is 2.06 bits per heavy atom. The fourth-order valence-electron chi connectivity index (χ4n) is 2.37. The first-order valence-electron chi connectivity index (χ1n) is 6.22. The van der Waals surface area contributed by atoms with Gasteiger partial charge in [-0.25, -0.2) is 0 Å². The minimum Gasteiger partial charge on any atom is -0.459 e.